The van der Waals surface area contributed by atoms with Crippen molar-refractivity contribution in [3.63, 3.8) is 0 Å². The van der Waals surface area contributed by atoms with Gasteiger partial charge in [-0.1, -0.05) is 24.3 Å². The summed E-state index contributed by atoms with van der Waals surface area (Å²) in [7, 11) is 0. The van der Waals surface area contributed by atoms with Gasteiger partial charge in [-0.15, -0.1) is 0 Å². The number of benzene rings is 2. The van der Waals surface area contributed by atoms with E-state index in [1.54, 1.807) is 0 Å². The average molecular weight is 407 g/mol. The summed E-state index contributed by atoms with van der Waals surface area (Å²) in [4.78, 5) is 15.0. The first-order valence-electron chi connectivity index (χ1n) is 9.63. The molecular weight excluding hydrogens is 383 g/mol. The first kappa shape index (κ1) is 21.3. The number of hydrogen-bond acceptors (Lipinski definition) is 4. The first-order valence-corrected chi connectivity index (χ1v) is 9.63. The number of carbonyl (C=O) groups is 1. The third kappa shape index (κ3) is 5.81. The molecule has 1 unspecified atom stereocenters. The van der Waals surface area contributed by atoms with E-state index in [4.69, 9.17) is 9.84 Å². The second-order valence-electron chi connectivity index (χ2n) is 7.23. The molecule has 1 saturated heterocycles. The van der Waals surface area contributed by atoms with Crippen molar-refractivity contribution in [2.24, 2.45) is 5.92 Å². The first-order chi connectivity index (χ1) is 13.9. The maximum absolute atomic E-state index is 12.8. The van der Waals surface area contributed by atoms with Crippen LogP contribution >= 0.6 is 0 Å². The van der Waals surface area contributed by atoms with Crippen LogP contribution in [0.1, 0.15) is 34.3 Å². The van der Waals surface area contributed by atoms with Crippen LogP contribution in [0.5, 0.6) is 5.75 Å². The number of Topliss-reactive ketones (excluding diaryl/α,β-unsaturated/α-hetero) is 1. The zero-order valence-corrected chi connectivity index (χ0v) is 16.0. The summed E-state index contributed by atoms with van der Waals surface area (Å²) < 4.78 is 43.5. The number of rotatable bonds is 7. The van der Waals surface area contributed by atoms with E-state index >= 15 is 0 Å². The lowest BCUT2D eigenvalue weighted by atomic mass is 9.89. The molecule has 0 bridgehead atoms. The fourth-order valence-corrected chi connectivity index (χ4v) is 3.59. The highest BCUT2D eigenvalue weighted by atomic mass is 19.4. The molecule has 1 aliphatic rings. The minimum absolute atomic E-state index is 0.0378. The van der Waals surface area contributed by atoms with E-state index in [-0.39, 0.29) is 24.9 Å². The molecule has 0 spiro atoms. The number of hydrogen-bond donors (Lipinski definition) is 1. The molecule has 0 radical (unpaired) electrons. The number of carbonyl (C=O) groups excluding carboxylic acids is 1. The molecule has 156 valence electrons. The van der Waals surface area contributed by atoms with E-state index < -0.39 is 11.7 Å². The van der Waals surface area contributed by atoms with Gasteiger partial charge in [0.05, 0.1) is 12.2 Å². The number of aliphatic hydroxyl groups excluding tert-OH is 1. The Morgan fingerprint density at radius 3 is 2.41 bits per heavy atom. The zero-order valence-electron chi connectivity index (χ0n) is 16.0. The van der Waals surface area contributed by atoms with Crippen LogP contribution in [0.3, 0.4) is 0 Å². The summed E-state index contributed by atoms with van der Waals surface area (Å²) in [5.74, 6) is 0.376. The molecule has 3 rings (SSSR count). The molecule has 0 aromatic heterocycles. The van der Waals surface area contributed by atoms with Crippen molar-refractivity contribution in [1.82, 2.24) is 4.90 Å². The van der Waals surface area contributed by atoms with Crippen LogP contribution in [0.2, 0.25) is 0 Å². The van der Waals surface area contributed by atoms with Crippen molar-refractivity contribution in [3.8, 4) is 5.75 Å². The molecule has 0 amide bonds. The lowest BCUT2D eigenvalue weighted by Gasteiger charge is -2.32. The molecule has 0 saturated carbocycles. The number of ether oxygens (including phenoxy) is 1. The largest absolute Gasteiger partial charge is 0.491 e. The number of aliphatic hydroxyl groups is 1. The highest BCUT2D eigenvalue weighted by Crippen LogP contribution is 2.30. The summed E-state index contributed by atoms with van der Waals surface area (Å²) in [5, 5.41) is 8.79. The van der Waals surface area contributed by atoms with Gasteiger partial charge in [0.1, 0.15) is 12.4 Å². The number of likely N-dealkylation sites (tertiary alicyclic amines) is 1. The van der Waals surface area contributed by atoms with Gasteiger partial charge in [-0.25, -0.2) is 0 Å². The van der Waals surface area contributed by atoms with Crippen molar-refractivity contribution in [2.45, 2.75) is 25.6 Å². The van der Waals surface area contributed by atoms with Crippen LogP contribution in [0.4, 0.5) is 13.2 Å². The molecule has 1 fully saturated rings. The van der Waals surface area contributed by atoms with Gasteiger partial charge in [0.2, 0.25) is 0 Å². The molecule has 1 N–H and O–H groups in total. The molecule has 1 heterocycles. The molecule has 2 aromatic rings. The molecule has 4 nitrogen and oxygen atoms in total. The SMILES string of the molecule is O=C(c1ccc(C(F)(F)F)cc1)C1CCCN(Cc2ccc(OCCO)cc2)C1. The van der Waals surface area contributed by atoms with Gasteiger partial charge < -0.3 is 9.84 Å². The third-order valence-corrected chi connectivity index (χ3v) is 5.06. The quantitative estimate of drug-likeness (QED) is 0.700. The Hall–Kier alpha value is -2.38. The molecule has 2 aromatic carbocycles. The lowest BCUT2D eigenvalue weighted by molar-refractivity contribution is -0.137. The van der Waals surface area contributed by atoms with Crippen molar-refractivity contribution in [3.05, 3.63) is 65.2 Å². The van der Waals surface area contributed by atoms with Crippen LogP contribution in [-0.2, 0) is 12.7 Å². The third-order valence-electron chi connectivity index (χ3n) is 5.06. The Morgan fingerprint density at radius 1 is 1.10 bits per heavy atom. The smallest absolute Gasteiger partial charge is 0.416 e. The monoisotopic (exact) mass is 407 g/mol. The Kier molecular flexibility index (Phi) is 6.92. The van der Waals surface area contributed by atoms with Gasteiger partial charge in [0.25, 0.3) is 0 Å². The van der Waals surface area contributed by atoms with E-state index in [1.807, 2.05) is 24.3 Å². The standard InChI is InChI=1S/C22H24F3NO3/c23-22(24,25)19-7-5-17(6-8-19)21(28)18-2-1-11-26(15-18)14-16-3-9-20(10-4-16)29-13-12-27/h3-10,18,27H,1-2,11-15H2. The highest BCUT2D eigenvalue weighted by Gasteiger charge is 2.31. The van der Waals surface area contributed by atoms with Gasteiger partial charge in [-0.3, -0.25) is 9.69 Å². The lowest BCUT2D eigenvalue weighted by Crippen LogP contribution is -2.38. The van der Waals surface area contributed by atoms with Crippen LogP contribution in [0.25, 0.3) is 0 Å². The van der Waals surface area contributed by atoms with E-state index in [0.29, 0.717) is 24.4 Å². The average Bonchev–Trinajstić information content (AvgIpc) is 2.72. The van der Waals surface area contributed by atoms with Gasteiger partial charge in [0, 0.05) is 24.6 Å². The Morgan fingerprint density at radius 2 is 1.79 bits per heavy atom. The fraction of sp³-hybridized carbons (Fsp3) is 0.409. The molecule has 1 aliphatic heterocycles. The topological polar surface area (TPSA) is 49.8 Å². The maximum Gasteiger partial charge on any atom is 0.416 e. The van der Waals surface area contributed by atoms with E-state index in [2.05, 4.69) is 4.90 Å². The van der Waals surface area contributed by atoms with Crippen LogP contribution in [0, 0.1) is 5.92 Å². The van der Waals surface area contributed by atoms with Crippen molar-refractivity contribution in [2.75, 3.05) is 26.3 Å². The fourth-order valence-electron chi connectivity index (χ4n) is 3.59. The van der Waals surface area contributed by atoms with Crippen molar-refractivity contribution >= 4 is 5.78 Å². The predicted molar refractivity (Wildman–Crippen MR) is 103 cm³/mol. The van der Waals surface area contributed by atoms with Crippen LogP contribution in [0.15, 0.2) is 48.5 Å². The van der Waals surface area contributed by atoms with Crippen molar-refractivity contribution in [1.29, 1.82) is 0 Å². The Labute approximate surface area is 167 Å². The Bertz CT molecular complexity index is 804. The van der Waals surface area contributed by atoms with E-state index in [0.717, 1.165) is 37.1 Å². The van der Waals surface area contributed by atoms with Gasteiger partial charge in [-0.05, 0) is 49.2 Å². The number of ketones is 1. The zero-order chi connectivity index (χ0) is 20.9. The minimum Gasteiger partial charge on any atom is -0.491 e. The number of piperidine rings is 1. The van der Waals surface area contributed by atoms with Crippen LogP contribution in [-0.4, -0.2) is 42.1 Å². The second-order valence-corrected chi connectivity index (χ2v) is 7.23. The van der Waals surface area contributed by atoms with Gasteiger partial charge in [-0.2, -0.15) is 13.2 Å². The minimum atomic E-state index is -4.40. The number of nitrogens with zero attached hydrogens (tertiary/aromatic N) is 1. The second kappa shape index (κ2) is 9.41. The number of halogens is 3. The molecule has 29 heavy (non-hydrogen) atoms. The molecule has 0 aliphatic carbocycles. The van der Waals surface area contributed by atoms with Gasteiger partial charge >= 0.3 is 6.18 Å². The molecule has 7 heteroatoms. The number of alkyl halides is 3. The molecule has 1 atom stereocenters. The summed E-state index contributed by atoms with van der Waals surface area (Å²) >= 11 is 0. The summed E-state index contributed by atoms with van der Waals surface area (Å²) in [5.41, 5.74) is 0.671. The van der Waals surface area contributed by atoms with E-state index in [1.165, 1.54) is 12.1 Å². The summed E-state index contributed by atoms with van der Waals surface area (Å²) in [6.07, 6.45) is -2.79. The van der Waals surface area contributed by atoms with E-state index in [9.17, 15) is 18.0 Å². The highest BCUT2D eigenvalue weighted by molar-refractivity contribution is 5.98. The van der Waals surface area contributed by atoms with Gasteiger partial charge in [0.15, 0.2) is 5.78 Å². The predicted octanol–water partition coefficient (Wildman–Crippen LogP) is 4.17. The normalized spacial score (nSPS) is 17.9. The summed E-state index contributed by atoms with van der Waals surface area (Å²) in [6, 6.07) is 12.1. The Balaban J connectivity index is 1.59. The molecular formula is C22H24F3NO3. The summed E-state index contributed by atoms with van der Waals surface area (Å²) in [6.45, 7) is 2.36. The van der Waals surface area contributed by atoms with Crippen molar-refractivity contribution < 1.29 is 27.8 Å². The maximum atomic E-state index is 12.8. The van der Waals surface area contributed by atoms with Crippen LogP contribution < -0.4 is 4.74 Å².